The van der Waals surface area contributed by atoms with Gasteiger partial charge in [0.2, 0.25) is 0 Å². The van der Waals surface area contributed by atoms with Crippen molar-refractivity contribution >= 4 is 41.1 Å². The minimum atomic E-state index is -0.340. The Bertz CT molecular complexity index is 741. The van der Waals surface area contributed by atoms with E-state index in [0.717, 1.165) is 5.56 Å². The second kappa shape index (κ2) is 5.88. The van der Waals surface area contributed by atoms with E-state index >= 15 is 0 Å². The lowest BCUT2D eigenvalue weighted by molar-refractivity contribution is 0.473. The molecule has 0 aliphatic carbocycles. The van der Waals surface area contributed by atoms with Gasteiger partial charge in [0.1, 0.15) is 17.5 Å². The number of rotatable bonds is 2. The number of aromatic hydroxyl groups is 2. The van der Waals surface area contributed by atoms with Crippen LogP contribution >= 0.6 is 34.8 Å². The summed E-state index contributed by atoms with van der Waals surface area (Å²) < 4.78 is 0. The second-order valence-corrected chi connectivity index (χ2v) is 6.12. The Labute approximate surface area is 142 Å². The van der Waals surface area contributed by atoms with Crippen molar-refractivity contribution < 1.29 is 10.2 Å². The van der Waals surface area contributed by atoms with Gasteiger partial charge in [0.05, 0.1) is 22.4 Å². The van der Waals surface area contributed by atoms with Crippen molar-refractivity contribution in [3.8, 4) is 11.5 Å². The van der Waals surface area contributed by atoms with Crippen LogP contribution in [0.4, 0.5) is 0 Å². The van der Waals surface area contributed by atoms with E-state index in [9.17, 15) is 10.2 Å². The van der Waals surface area contributed by atoms with Crippen LogP contribution in [0.2, 0.25) is 15.1 Å². The molecule has 0 saturated carbocycles. The highest BCUT2D eigenvalue weighted by Gasteiger charge is 2.32. The molecule has 0 unspecified atom stereocenters. The normalized spacial score (nSPS) is 20.1. The molecule has 3 N–H and O–H groups in total. The minimum Gasteiger partial charge on any atom is -0.508 e. The number of hydrogen-bond acceptors (Lipinski definition) is 4. The van der Waals surface area contributed by atoms with E-state index < -0.39 is 0 Å². The fraction of sp³-hybridized carbons (Fsp3) is 0.133. The van der Waals surface area contributed by atoms with E-state index in [1.54, 1.807) is 18.5 Å². The van der Waals surface area contributed by atoms with Gasteiger partial charge in [-0.1, -0.05) is 40.9 Å². The van der Waals surface area contributed by atoms with Crippen LogP contribution in [0.15, 0.2) is 35.3 Å². The maximum Gasteiger partial charge on any atom is 0.118 e. The molecule has 2 aromatic carbocycles. The fourth-order valence-corrected chi connectivity index (χ4v) is 3.50. The molecule has 0 fully saturated rings. The van der Waals surface area contributed by atoms with Gasteiger partial charge in [0.15, 0.2) is 0 Å². The first-order valence-corrected chi connectivity index (χ1v) is 7.55. The molecule has 2 atom stereocenters. The van der Waals surface area contributed by atoms with E-state index in [2.05, 4.69) is 10.3 Å². The van der Waals surface area contributed by atoms with Gasteiger partial charge in [-0.2, -0.15) is 0 Å². The van der Waals surface area contributed by atoms with Crippen molar-refractivity contribution in [3.63, 3.8) is 0 Å². The van der Waals surface area contributed by atoms with E-state index in [0.29, 0.717) is 20.6 Å². The summed E-state index contributed by atoms with van der Waals surface area (Å²) in [5.41, 5.74) is 1.37. The molecule has 0 saturated heterocycles. The molecule has 1 heterocycles. The van der Waals surface area contributed by atoms with Crippen LogP contribution in [0.3, 0.4) is 0 Å². The Morgan fingerprint density at radius 1 is 0.909 bits per heavy atom. The number of aliphatic imine (C=N–C) groups is 1. The molecule has 1 aliphatic rings. The molecule has 3 rings (SSSR count). The van der Waals surface area contributed by atoms with Gasteiger partial charge >= 0.3 is 0 Å². The maximum atomic E-state index is 9.55. The highest BCUT2D eigenvalue weighted by Crippen LogP contribution is 2.44. The summed E-state index contributed by atoms with van der Waals surface area (Å²) in [6.07, 6.45) is 1.57. The Balaban J connectivity index is 2.05. The van der Waals surface area contributed by atoms with Gasteiger partial charge in [-0.3, -0.25) is 4.99 Å². The van der Waals surface area contributed by atoms with Crippen LogP contribution in [0.1, 0.15) is 23.2 Å². The predicted octanol–water partition coefficient (Wildman–Crippen LogP) is 4.47. The molecule has 114 valence electrons. The lowest BCUT2D eigenvalue weighted by Crippen LogP contribution is -2.19. The third kappa shape index (κ3) is 2.70. The van der Waals surface area contributed by atoms with E-state index in [1.807, 2.05) is 0 Å². The number of hydrogen-bond donors (Lipinski definition) is 3. The summed E-state index contributed by atoms with van der Waals surface area (Å²) in [6.45, 7) is 0. The second-order valence-electron chi connectivity index (χ2n) is 4.90. The first kappa shape index (κ1) is 15.3. The molecule has 0 spiro atoms. The fourth-order valence-electron chi connectivity index (χ4n) is 2.51. The molecular formula is C15H11Cl3N2O2. The Morgan fingerprint density at radius 3 is 2.18 bits per heavy atom. The molecule has 7 heteroatoms. The third-order valence-electron chi connectivity index (χ3n) is 3.48. The number of halogens is 3. The van der Waals surface area contributed by atoms with Crippen molar-refractivity contribution in [2.75, 3.05) is 0 Å². The van der Waals surface area contributed by atoms with Gasteiger partial charge in [-0.15, -0.1) is 0 Å². The van der Waals surface area contributed by atoms with Crippen molar-refractivity contribution in [2.45, 2.75) is 12.1 Å². The zero-order valence-electron chi connectivity index (χ0n) is 11.1. The summed E-state index contributed by atoms with van der Waals surface area (Å²) in [6, 6.07) is 6.92. The maximum absolute atomic E-state index is 9.55. The molecule has 1 aliphatic heterocycles. The van der Waals surface area contributed by atoms with Gasteiger partial charge in [-0.05, 0) is 29.8 Å². The van der Waals surface area contributed by atoms with E-state index in [4.69, 9.17) is 34.8 Å². The van der Waals surface area contributed by atoms with Crippen molar-refractivity contribution in [2.24, 2.45) is 4.99 Å². The first-order valence-electron chi connectivity index (χ1n) is 6.41. The minimum absolute atomic E-state index is 0.00289. The van der Waals surface area contributed by atoms with E-state index in [1.165, 1.54) is 18.2 Å². The van der Waals surface area contributed by atoms with Gasteiger partial charge in [-0.25, -0.2) is 0 Å². The molecule has 4 nitrogen and oxygen atoms in total. The van der Waals surface area contributed by atoms with Crippen molar-refractivity contribution in [1.82, 2.24) is 5.32 Å². The average Bonchev–Trinajstić information content (AvgIpc) is 2.86. The SMILES string of the molecule is Oc1ccc([C@H]2N=CN[C@H]2c2c(Cl)cc(O)cc2Cl)c(Cl)c1. The highest BCUT2D eigenvalue weighted by atomic mass is 35.5. The van der Waals surface area contributed by atoms with Gasteiger partial charge in [0, 0.05) is 10.6 Å². The lowest BCUT2D eigenvalue weighted by Gasteiger charge is -2.22. The summed E-state index contributed by atoms with van der Waals surface area (Å²) in [5.74, 6) is 0.0813. The Kier molecular flexibility index (Phi) is 4.08. The van der Waals surface area contributed by atoms with Crippen molar-refractivity contribution in [1.29, 1.82) is 0 Å². The van der Waals surface area contributed by atoms with E-state index in [-0.39, 0.29) is 23.6 Å². The molecule has 0 bridgehead atoms. The summed E-state index contributed by atoms with van der Waals surface area (Å²) in [7, 11) is 0. The smallest absolute Gasteiger partial charge is 0.118 e. The molecule has 0 amide bonds. The topological polar surface area (TPSA) is 64.9 Å². The summed E-state index contributed by atoms with van der Waals surface area (Å²) >= 11 is 18.6. The zero-order valence-corrected chi connectivity index (χ0v) is 13.4. The first-order chi connectivity index (χ1) is 10.5. The highest BCUT2D eigenvalue weighted by molar-refractivity contribution is 6.36. The number of phenols is 2. The van der Waals surface area contributed by atoms with Crippen LogP contribution in [-0.4, -0.2) is 16.6 Å². The number of phenolic OH excluding ortho intramolecular Hbond substituents is 2. The summed E-state index contributed by atoms with van der Waals surface area (Å²) in [5, 5.41) is 23.2. The standard InChI is InChI=1S/C15H11Cl3N2O2/c16-10-3-7(21)1-2-9(10)14-15(20-6-19-14)13-11(17)4-8(22)5-12(13)18/h1-6,14-15,21-22H,(H,19,20)/t14-,15+/m1/s1. The van der Waals surface area contributed by atoms with Crippen molar-refractivity contribution in [3.05, 3.63) is 56.5 Å². The Hall–Kier alpha value is -1.62. The monoisotopic (exact) mass is 356 g/mol. The predicted molar refractivity (Wildman–Crippen MR) is 88.4 cm³/mol. The van der Waals surface area contributed by atoms with Gasteiger partial charge < -0.3 is 15.5 Å². The zero-order chi connectivity index (χ0) is 15.9. The molecule has 0 radical (unpaired) electrons. The number of nitrogens with one attached hydrogen (secondary N) is 1. The van der Waals surface area contributed by atoms with Crippen LogP contribution in [0.5, 0.6) is 11.5 Å². The van der Waals surface area contributed by atoms with Crippen LogP contribution in [-0.2, 0) is 0 Å². The summed E-state index contributed by atoms with van der Waals surface area (Å²) in [4.78, 5) is 4.38. The quantitative estimate of drug-likeness (QED) is 0.743. The lowest BCUT2D eigenvalue weighted by atomic mass is 9.94. The largest absolute Gasteiger partial charge is 0.508 e. The molecule has 0 aromatic heterocycles. The number of nitrogens with zero attached hydrogens (tertiary/aromatic N) is 1. The van der Waals surface area contributed by atoms with Crippen LogP contribution in [0.25, 0.3) is 0 Å². The molecule has 2 aromatic rings. The number of benzene rings is 2. The van der Waals surface area contributed by atoms with Crippen LogP contribution in [0, 0.1) is 0 Å². The molecular weight excluding hydrogens is 347 g/mol. The molecule has 22 heavy (non-hydrogen) atoms. The average molecular weight is 358 g/mol. The Morgan fingerprint density at radius 2 is 1.55 bits per heavy atom. The van der Waals surface area contributed by atoms with Crippen LogP contribution < -0.4 is 5.32 Å². The third-order valence-corrected chi connectivity index (χ3v) is 4.44. The van der Waals surface area contributed by atoms with Gasteiger partial charge in [0.25, 0.3) is 0 Å².